The Morgan fingerprint density at radius 1 is 1.43 bits per heavy atom. The zero-order chi connectivity index (χ0) is 15.7. The van der Waals surface area contributed by atoms with E-state index in [-0.39, 0.29) is 31.3 Å². The van der Waals surface area contributed by atoms with Gasteiger partial charge in [0.15, 0.2) is 0 Å². The highest BCUT2D eigenvalue weighted by Crippen LogP contribution is 2.08. The Kier molecular flexibility index (Phi) is 6.92. The second-order valence-electron chi connectivity index (χ2n) is 4.03. The molecule has 2 N–H and O–H groups in total. The molecule has 0 aromatic carbocycles. The van der Waals surface area contributed by atoms with Crippen molar-refractivity contribution in [2.45, 2.75) is 13.8 Å². The average molecular weight is 289 g/mol. The minimum atomic E-state index is -0.446. The number of amides is 1. The van der Waals surface area contributed by atoms with Gasteiger partial charge in [-0.25, -0.2) is 4.98 Å². The number of rotatable bonds is 5. The van der Waals surface area contributed by atoms with Crippen LogP contribution < -0.4 is 5.73 Å². The van der Waals surface area contributed by atoms with E-state index in [2.05, 4.69) is 16.8 Å². The Hall–Kier alpha value is -2.39. The van der Waals surface area contributed by atoms with Gasteiger partial charge in [0.2, 0.25) is 0 Å². The number of pyridine rings is 1. The fraction of sp³-hybridized carbons (Fsp3) is 0.400. The smallest absolute Gasteiger partial charge is 0.325 e. The van der Waals surface area contributed by atoms with Gasteiger partial charge in [0.05, 0.1) is 18.7 Å². The summed E-state index contributed by atoms with van der Waals surface area (Å²) in [5.41, 5.74) is 6.05. The summed E-state index contributed by atoms with van der Waals surface area (Å²) in [5, 5.41) is 0. The molecule has 0 saturated carbocycles. The molecule has 0 atom stereocenters. The molecule has 1 amide bonds. The maximum atomic E-state index is 12.5. The lowest BCUT2D eigenvalue weighted by Crippen LogP contribution is -2.37. The largest absolute Gasteiger partial charge is 0.465 e. The molecule has 6 heteroatoms. The molecular formula is C15H19N3O3. The van der Waals surface area contributed by atoms with E-state index in [0.717, 1.165) is 0 Å². The van der Waals surface area contributed by atoms with Gasteiger partial charge < -0.3 is 15.4 Å². The monoisotopic (exact) mass is 289 g/mol. The molecule has 1 rings (SSSR count). The molecule has 21 heavy (non-hydrogen) atoms. The molecule has 1 aromatic rings. The quantitative estimate of drug-likeness (QED) is 0.627. The summed E-state index contributed by atoms with van der Waals surface area (Å²) in [7, 11) is 0. The predicted molar refractivity (Wildman–Crippen MR) is 78.4 cm³/mol. The summed E-state index contributed by atoms with van der Waals surface area (Å²) < 4.78 is 4.86. The second-order valence-corrected chi connectivity index (χ2v) is 4.03. The van der Waals surface area contributed by atoms with Crippen molar-refractivity contribution in [1.29, 1.82) is 0 Å². The number of carbonyl (C=O) groups is 2. The van der Waals surface area contributed by atoms with Crippen molar-refractivity contribution in [3.8, 4) is 11.8 Å². The number of esters is 1. The first-order valence-electron chi connectivity index (χ1n) is 6.72. The molecule has 0 aliphatic rings. The Balaban J connectivity index is 2.97. The Morgan fingerprint density at radius 2 is 2.19 bits per heavy atom. The summed E-state index contributed by atoms with van der Waals surface area (Å²) >= 11 is 0. The topological polar surface area (TPSA) is 85.5 Å². The van der Waals surface area contributed by atoms with E-state index in [1.165, 1.54) is 11.1 Å². The van der Waals surface area contributed by atoms with Crippen molar-refractivity contribution in [2.75, 3.05) is 26.2 Å². The maximum absolute atomic E-state index is 12.5. The first-order chi connectivity index (χ1) is 10.1. The van der Waals surface area contributed by atoms with E-state index in [4.69, 9.17) is 10.5 Å². The van der Waals surface area contributed by atoms with Crippen molar-refractivity contribution in [3.05, 3.63) is 29.6 Å². The zero-order valence-electron chi connectivity index (χ0n) is 12.3. The first-order valence-corrected chi connectivity index (χ1v) is 6.72. The zero-order valence-corrected chi connectivity index (χ0v) is 12.3. The average Bonchev–Trinajstić information content (AvgIpc) is 2.50. The van der Waals surface area contributed by atoms with Gasteiger partial charge in [0, 0.05) is 12.7 Å². The van der Waals surface area contributed by atoms with Gasteiger partial charge in [-0.1, -0.05) is 11.8 Å². The number of likely N-dealkylation sites (N-methyl/N-ethyl adjacent to an activating group) is 1. The number of aromatic nitrogens is 1. The molecule has 112 valence electrons. The fourth-order valence-electron chi connectivity index (χ4n) is 1.66. The van der Waals surface area contributed by atoms with Crippen LogP contribution in [0, 0.1) is 11.8 Å². The van der Waals surface area contributed by atoms with Gasteiger partial charge >= 0.3 is 5.97 Å². The molecule has 0 unspecified atom stereocenters. The lowest BCUT2D eigenvalue weighted by atomic mass is 10.1. The Morgan fingerprint density at radius 3 is 2.81 bits per heavy atom. The fourth-order valence-corrected chi connectivity index (χ4v) is 1.66. The number of hydrogen-bond donors (Lipinski definition) is 1. The number of carbonyl (C=O) groups excluding carboxylic acids is 2. The predicted octanol–water partition coefficient (Wildman–Crippen LogP) is 0.417. The number of hydrogen-bond acceptors (Lipinski definition) is 5. The van der Waals surface area contributed by atoms with Gasteiger partial charge in [-0.2, -0.15) is 0 Å². The maximum Gasteiger partial charge on any atom is 0.325 e. The number of nitrogens with zero attached hydrogens (tertiary/aromatic N) is 2. The Bertz CT molecular complexity index is 561. The van der Waals surface area contributed by atoms with Gasteiger partial charge in [-0.15, -0.1) is 0 Å². The minimum Gasteiger partial charge on any atom is -0.465 e. The standard InChI is InChI=1S/C15H19N3O3/c1-3-18(11-13(19)21-4-2)15(20)14-12(7-5-9-16)8-6-10-17-14/h6,8,10H,3-4,9,11,16H2,1-2H3. The van der Waals surface area contributed by atoms with Crippen LogP contribution in [0.15, 0.2) is 18.3 Å². The summed E-state index contributed by atoms with van der Waals surface area (Å²) in [6, 6.07) is 3.39. The highest BCUT2D eigenvalue weighted by molar-refractivity contribution is 5.96. The summed E-state index contributed by atoms with van der Waals surface area (Å²) in [6.07, 6.45) is 1.51. The van der Waals surface area contributed by atoms with E-state index in [9.17, 15) is 9.59 Å². The summed E-state index contributed by atoms with van der Waals surface area (Å²) in [5.74, 6) is 4.70. The van der Waals surface area contributed by atoms with Gasteiger partial charge in [-0.05, 0) is 26.0 Å². The van der Waals surface area contributed by atoms with E-state index >= 15 is 0 Å². The molecule has 1 aromatic heterocycles. The van der Waals surface area contributed by atoms with Gasteiger partial charge in [-0.3, -0.25) is 9.59 Å². The van der Waals surface area contributed by atoms with Gasteiger partial charge in [0.25, 0.3) is 5.91 Å². The lowest BCUT2D eigenvalue weighted by molar-refractivity contribution is -0.143. The van der Waals surface area contributed by atoms with Crippen LogP contribution in [0.4, 0.5) is 0 Å². The molecule has 0 spiro atoms. The van der Waals surface area contributed by atoms with Crippen molar-refractivity contribution in [2.24, 2.45) is 5.73 Å². The highest BCUT2D eigenvalue weighted by Gasteiger charge is 2.21. The normalized spacial score (nSPS) is 9.48. The molecule has 0 saturated heterocycles. The number of ether oxygens (including phenoxy) is 1. The molecule has 6 nitrogen and oxygen atoms in total. The third-order valence-electron chi connectivity index (χ3n) is 2.63. The van der Waals surface area contributed by atoms with Crippen LogP contribution in [-0.2, 0) is 9.53 Å². The molecule has 0 radical (unpaired) electrons. The summed E-state index contributed by atoms with van der Waals surface area (Å²) in [4.78, 5) is 29.4. The van der Waals surface area contributed by atoms with E-state index in [1.54, 1.807) is 26.0 Å². The molecular weight excluding hydrogens is 270 g/mol. The van der Waals surface area contributed by atoms with Crippen LogP contribution in [0.2, 0.25) is 0 Å². The highest BCUT2D eigenvalue weighted by atomic mass is 16.5. The molecule has 0 fully saturated rings. The van der Waals surface area contributed by atoms with E-state index in [0.29, 0.717) is 12.1 Å². The van der Waals surface area contributed by atoms with Crippen molar-refractivity contribution in [1.82, 2.24) is 9.88 Å². The molecule has 0 bridgehead atoms. The van der Waals surface area contributed by atoms with Crippen LogP contribution in [0.5, 0.6) is 0 Å². The number of nitrogens with two attached hydrogens (primary N) is 1. The van der Waals surface area contributed by atoms with E-state index in [1.807, 2.05) is 0 Å². The van der Waals surface area contributed by atoms with E-state index < -0.39 is 5.97 Å². The molecule has 0 aliphatic carbocycles. The van der Waals surface area contributed by atoms with Crippen molar-refractivity contribution < 1.29 is 14.3 Å². The third-order valence-corrected chi connectivity index (χ3v) is 2.63. The van der Waals surface area contributed by atoms with Crippen LogP contribution in [-0.4, -0.2) is 48.0 Å². The van der Waals surface area contributed by atoms with Crippen LogP contribution in [0.1, 0.15) is 29.9 Å². The van der Waals surface area contributed by atoms with Crippen molar-refractivity contribution in [3.63, 3.8) is 0 Å². The Labute approximate surface area is 124 Å². The SMILES string of the molecule is CCOC(=O)CN(CC)C(=O)c1ncccc1C#CCN. The molecule has 1 heterocycles. The second kappa shape index (κ2) is 8.72. The first kappa shape index (κ1) is 16.7. The van der Waals surface area contributed by atoms with Gasteiger partial charge in [0.1, 0.15) is 12.2 Å². The van der Waals surface area contributed by atoms with Crippen LogP contribution in [0.25, 0.3) is 0 Å². The third kappa shape index (κ3) is 4.89. The summed E-state index contributed by atoms with van der Waals surface area (Å²) in [6.45, 7) is 4.24. The van der Waals surface area contributed by atoms with Crippen LogP contribution >= 0.6 is 0 Å². The minimum absolute atomic E-state index is 0.108. The lowest BCUT2D eigenvalue weighted by Gasteiger charge is -2.19. The van der Waals surface area contributed by atoms with Crippen molar-refractivity contribution >= 4 is 11.9 Å². The van der Waals surface area contributed by atoms with Crippen LogP contribution in [0.3, 0.4) is 0 Å². The molecule has 0 aliphatic heterocycles.